The second kappa shape index (κ2) is 25.5. The molecule has 0 bridgehead atoms. The van der Waals surface area contributed by atoms with E-state index in [2.05, 4.69) is 45.7 Å². The number of benzene rings is 3. The lowest BCUT2D eigenvalue weighted by atomic mass is 9.79. The van der Waals surface area contributed by atoms with Crippen LogP contribution in [0, 0.1) is 0 Å². The topological polar surface area (TPSA) is 408 Å². The molecule has 28 nitrogen and oxygen atoms in total. The smallest absolute Gasteiger partial charge is 0.475 e. The van der Waals surface area contributed by atoms with E-state index in [4.69, 9.17) is 51.0 Å². The zero-order valence-corrected chi connectivity index (χ0v) is 50.2. The number of alkyl halides is 1. The van der Waals surface area contributed by atoms with Crippen molar-refractivity contribution in [1.29, 1.82) is 0 Å². The van der Waals surface area contributed by atoms with Crippen LogP contribution in [0.15, 0.2) is 36.4 Å². The molecule has 0 radical (unpaired) electrons. The van der Waals surface area contributed by atoms with E-state index in [-0.39, 0.29) is 89.7 Å². The van der Waals surface area contributed by atoms with Crippen molar-refractivity contribution in [3.05, 3.63) is 69.8 Å². The molecule has 472 valence electrons. The highest BCUT2D eigenvalue weighted by molar-refractivity contribution is 9.09. The third-order valence-corrected chi connectivity index (χ3v) is 19.3. The lowest BCUT2D eigenvalue weighted by Gasteiger charge is -2.39. The number of aliphatic hydroxyl groups is 5. The molecule has 2 saturated heterocycles. The van der Waals surface area contributed by atoms with Gasteiger partial charge < -0.3 is 99.2 Å². The highest BCUT2D eigenvalue weighted by Gasteiger charge is 2.57. The quantitative estimate of drug-likeness (QED) is 0.0688. The number of phosphoric acid groups is 2. The number of fused-ring (bicyclic) bond motifs is 16. The first-order chi connectivity index (χ1) is 41.7. The summed E-state index contributed by atoms with van der Waals surface area (Å²) in [6.45, 7) is 4.35. The molecule has 87 heavy (non-hydrogen) atoms. The number of hydrogen-bond acceptors (Lipinski definition) is 25. The summed E-state index contributed by atoms with van der Waals surface area (Å²) in [5, 5.41) is 90.7. The lowest BCUT2D eigenvalue weighted by Crippen LogP contribution is -2.57. The van der Waals surface area contributed by atoms with Crippen LogP contribution in [0.5, 0.6) is 51.7 Å². The minimum atomic E-state index is -4.56. The second-order valence-electron chi connectivity index (χ2n) is 21.8. The van der Waals surface area contributed by atoms with Gasteiger partial charge in [0.25, 0.3) is 25.5 Å². The van der Waals surface area contributed by atoms with Crippen LogP contribution in [-0.4, -0.2) is 164 Å². The number of rotatable bonds is 12. The molecular weight excluding hydrogens is 1260 g/mol. The molecule has 0 saturated carbocycles. The van der Waals surface area contributed by atoms with Gasteiger partial charge in [0.1, 0.15) is 54.9 Å². The average molecular weight is 1320 g/mol. The summed E-state index contributed by atoms with van der Waals surface area (Å²) >= 11 is 3.40. The Balaban J connectivity index is 0.000000129. The first-order valence-electron chi connectivity index (χ1n) is 28.5. The number of amides is 3. The van der Waals surface area contributed by atoms with E-state index in [1.807, 2.05) is 0 Å². The van der Waals surface area contributed by atoms with E-state index in [0.717, 1.165) is 32.1 Å². The Hall–Kier alpha value is -6.01. The summed E-state index contributed by atoms with van der Waals surface area (Å²) in [7, 11) is -8.46. The number of aliphatic hydroxyl groups excluding tert-OH is 5. The van der Waals surface area contributed by atoms with E-state index in [9.17, 15) is 69.3 Å². The van der Waals surface area contributed by atoms with Gasteiger partial charge >= 0.3 is 7.82 Å². The van der Waals surface area contributed by atoms with Gasteiger partial charge in [-0.15, -0.1) is 0 Å². The van der Waals surface area contributed by atoms with Crippen molar-refractivity contribution < 1.29 is 120 Å². The number of nitrogens with one attached hydrogen (secondary N) is 3. The minimum Gasteiger partial charge on any atom is -0.756 e. The molecule has 3 aromatic carbocycles. The summed E-state index contributed by atoms with van der Waals surface area (Å²) in [5.41, 5.74) is 2.33. The SMILES string of the molecule is CCCCCCCBr.CCCCCCCOP1(=O)O[C@@H]2[C@H](O1)[C@@H](O)C=C1c3cc4c(c(O)c3C(=O)N[C@H]12)OCO4.O=C1N[C@@H]2C(=C[C@H](O)[C@@H](O)[C@H]2O)c2cc3c(c(O)c21)OCO3.O=C1N[C@@H]2C(=C[C@H](O)[C@H]3OP(=O)([O-])O[C@H]32)c2cc3c(c(O)c21)OCO3. The predicted molar refractivity (Wildman–Crippen MR) is 302 cm³/mol. The first kappa shape index (κ1) is 62.6. The summed E-state index contributed by atoms with van der Waals surface area (Å²) in [6, 6.07) is 2.13. The number of carbonyl (C=O) groups is 3. The Kier molecular flexibility index (Phi) is 18.3. The number of aromatic hydroxyl groups is 3. The Labute approximate surface area is 505 Å². The van der Waals surface area contributed by atoms with Crippen molar-refractivity contribution in [3.63, 3.8) is 0 Å². The van der Waals surface area contributed by atoms with Gasteiger partial charge in [-0.2, -0.15) is 0 Å². The highest BCUT2D eigenvalue weighted by Crippen LogP contribution is 2.62. The molecule has 2 fully saturated rings. The van der Waals surface area contributed by atoms with Crippen LogP contribution in [0.2, 0.25) is 0 Å². The van der Waals surface area contributed by atoms with Gasteiger partial charge in [0.15, 0.2) is 34.5 Å². The molecular formula is C56H65BrN3O25P2-. The van der Waals surface area contributed by atoms with E-state index >= 15 is 0 Å². The fourth-order valence-electron chi connectivity index (χ4n) is 12.0. The number of carbonyl (C=O) groups excluding carboxylic acids is 3. The fraction of sp³-hybridized carbons (Fsp3) is 0.518. The van der Waals surface area contributed by atoms with Gasteiger partial charge in [0, 0.05) is 22.0 Å². The number of unbranched alkanes of at least 4 members (excludes halogenated alkanes) is 8. The number of halogens is 1. The molecule has 2 unspecified atom stereocenters. The van der Waals surface area contributed by atoms with E-state index < -0.39 is 106 Å². The van der Waals surface area contributed by atoms with Gasteiger partial charge in [-0.1, -0.05) is 81.1 Å². The van der Waals surface area contributed by atoms with Crippen molar-refractivity contribution in [2.75, 3.05) is 32.3 Å². The number of phenolic OH excluding ortho intramolecular Hbond substituents is 3. The molecule has 0 spiro atoms. The Morgan fingerprint density at radius 3 is 1.36 bits per heavy atom. The molecule has 31 heteroatoms. The average Bonchev–Trinajstić information content (AvgIpc) is 1.77. The summed E-state index contributed by atoms with van der Waals surface area (Å²) < 4.78 is 82.4. The maximum atomic E-state index is 13.0. The number of hydrogen-bond donors (Lipinski definition) is 11. The van der Waals surface area contributed by atoms with Crippen molar-refractivity contribution >= 4 is 66.0 Å². The van der Waals surface area contributed by atoms with E-state index in [1.54, 1.807) is 6.07 Å². The number of phenols is 3. The van der Waals surface area contributed by atoms with Gasteiger partial charge in [-0.3, -0.25) is 32.5 Å². The highest BCUT2D eigenvalue weighted by atomic mass is 79.9. The number of ether oxygens (including phenoxy) is 6. The molecule has 11 N–H and O–H groups in total. The van der Waals surface area contributed by atoms with Crippen LogP contribution >= 0.6 is 31.6 Å². The van der Waals surface area contributed by atoms with Crippen molar-refractivity contribution in [2.24, 2.45) is 0 Å². The van der Waals surface area contributed by atoms with Crippen LogP contribution in [0.25, 0.3) is 16.7 Å². The van der Waals surface area contributed by atoms with Crippen LogP contribution in [0.3, 0.4) is 0 Å². The third-order valence-electron chi connectivity index (χ3n) is 16.2. The summed E-state index contributed by atoms with van der Waals surface area (Å²) in [4.78, 5) is 49.2. The van der Waals surface area contributed by atoms with Crippen LogP contribution in [0.1, 0.15) is 126 Å². The first-order valence-corrected chi connectivity index (χ1v) is 32.5. The molecule has 8 aliphatic heterocycles. The minimum absolute atomic E-state index is 0.0115. The summed E-state index contributed by atoms with van der Waals surface area (Å²) in [5.74, 6) is -1.75. The van der Waals surface area contributed by atoms with Crippen molar-refractivity contribution in [3.8, 4) is 51.7 Å². The zero-order valence-electron chi connectivity index (χ0n) is 46.8. The molecule has 14 atom stereocenters. The van der Waals surface area contributed by atoms with Gasteiger partial charge in [-0.25, -0.2) is 4.57 Å². The van der Waals surface area contributed by atoms with Crippen LogP contribution in [0.4, 0.5) is 0 Å². The zero-order chi connectivity index (χ0) is 61.8. The molecule has 14 rings (SSSR count). The normalized spacial score (nSPS) is 31.6. The van der Waals surface area contributed by atoms with Gasteiger partial charge in [0.2, 0.25) is 37.6 Å². The maximum absolute atomic E-state index is 13.0. The molecule has 0 aromatic heterocycles. The largest absolute Gasteiger partial charge is 0.756 e. The Morgan fingerprint density at radius 2 is 0.897 bits per heavy atom. The van der Waals surface area contributed by atoms with Crippen molar-refractivity contribution in [2.45, 2.75) is 151 Å². The second-order valence-corrected chi connectivity index (χ2v) is 25.5. The summed E-state index contributed by atoms with van der Waals surface area (Å²) in [6.07, 6.45) is 5.56. The van der Waals surface area contributed by atoms with E-state index in [0.29, 0.717) is 39.2 Å². The lowest BCUT2D eigenvalue weighted by molar-refractivity contribution is -0.216. The monoisotopic (exact) mass is 1320 g/mol. The number of phosphoric ester groups is 2. The Morgan fingerprint density at radius 1 is 0.517 bits per heavy atom. The fourth-order valence-corrected chi connectivity index (χ4v) is 15.1. The van der Waals surface area contributed by atoms with Gasteiger partial charge in [0.05, 0.1) is 41.4 Å². The third kappa shape index (κ3) is 11.9. The standard InChI is InChI=1S/C21H26NO9P.C14H12NO9P.C14H13NO7.C7H15Br/c1-2-3-4-5-6-7-29-32(26)30-18-13(23)8-12-11-9-14-19(28-10-27-14)17(24)15(11)21(25)22-16(12)20(18)31-32;16-6-1-5-4-2-7-12(22-3-21-7)10(17)8(4)14(18)15-9(5)13-11(6)23-25(19,20)24-13;16-6-1-5-4-2-7-13(22-3-21-7)11(18)8(4)14(20)15-9(5)12(19)10(6)17;1-2-3-4-5-6-7-8/h8-9,13,16,18,20,23-24H,2-7,10H2,1H3,(H,22,25);1-2,6,9,11,13,16-17H,3H2,(H,15,18)(H,19,20);1-2,6,9-10,12,16-19H,3H2,(H,15,20);2-7H2,1H3/p-1/t13-,16+,18+,20-,32?;6-,9+,11+,13-;6-,9+,10+,12-;/m000./s1. The molecule has 3 aromatic rings. The van der Waals surface area contributed by atoms with Crippen molar-refractivity contribution in [1.82, 2.24) is 16.0 Å². The van der Waals surface area contributed by atoms with Crippen LogP contribution in [-0.2, 0) is 31.7 Å². The maximum Gasteiger partial charge on any atom is 0.475 e. The Bertz CT molecular complexity index is 3410. The molecule has 8 heterocycles. The molecule has 3 aliphatic carbocycles. The molecule has 3 amide bonds. The van der Waals surface area contributed by atoms with Crippen LogP contribution < -0.4 is 49.3 Å². The molecule has 11 aliphatic rings. The van der Waals surface area contributed by atoms with E-state index in [1.165, 1.54) is 67.8 Å². The van der Waals surface area contributed by atoms with Gasteiger partial charge in [-0.05, 0) is 66.0 Å². The predicted octanol–water partition coefficient (Wildman–Crippen LogP) is 4.18.